The summed E-state index contributed by atoms with van der Waals surface area (Å²) in [5.41, 5.74) is 20.6. The van der Waals surface area contributed by atoms with Crippen LogP contribution in [0.4, 0.5) is 11.4 Å². The van der Waals surface area contributed by atoms with Gasteiger partial charge in [-0.05, 0) is 147 Å². The molecule has 0 unspecified atom stereocenters. The van der Waals surface area contributed by atoms with Crippen LogP contribution in [0.1, 0.15) is 90.8 Å². The van der Waals surface area contributed by atoms with E-state index in [0.29, 0.717) is 5.92 Å². The van der Waals surface area contributed by atoms with Crippen molar-refractivity contribution in [1.29, 1.82) is 0 Å². The first-order valence-corrected chi connectivity index (χ1v) is 22.1. The van der Waals surface area contributed by atoms with Crippen LogP contribution in [0.25, 0.3) is 27.8 Å². The van der Waals surface area contributed by atoms with Gasteiger partial charge in [-0.1, -0.05) is 147 Å². The Kier molecular flexibility index (Phi) is 7.36. The highest BCUT2D eigenvalue weighted by molar-refractivity contribution is 5.96. The Morgan fingerprint density at radius 2 is 1.20 bits per heavy atom. The monoisotopic (exact) mass is 787 g/mol. The largest absolute Gasteiger partial charge is 0.449 e. The molecule has 7 aromatic carbocycles. The van der Waals surface area contributed by atoms with Gasteiger partial charge < -0.3 is 14.4 Å². The van der Waals surface area contributed by atoms with Gasteiger partial charge in [0.25, 0.3) is 0 Å². The third-order valence-corrected chi connectivity index (χ3v) is 14.8. The molecular formula is C58H45NO2. The number of hydrogen-bond donors (Lipinski definition) is 0. The fourth-order valence-corrected chi connectivity index (χ4v) is 12.0. The van der Waals surface area contributed by atoms with E-state index in [0.717, 1.165) is 65.8 Å². The summed E-state index contributed by atoms with van der Waals surface area (Å²) in [5.74, 6) is 3.42. The van der Waals surface area contributed by atoms with Crippen molar-refractivity contribution in [3.8, 4) is 45.3 Å². The van der Waals surface area contributed by atoms with Crippen molar-refractivity contribution in [3.63, 3.8) is 0 Å². The molecule has 0 saturated heterocycles. The maximum Gasteiger partial charge on any atom is 0.194 e. The molecule has 0 amide bonds. The number of anilines is 2. The number of benzene rings is 7. The molecule has 1 heterocycles. The highest BCUT2D eigenvalue weighted by Gasteiger charge is 2.52. The van der Waals surface area contributed by atoms with Crippen LogP contribution < -0.4 is 14.4 Å². The molecule has 7 aromatic rings. The number of hydrogen-bond acceptors (Lipinski definition) is 3. The summed E-state index contributed by atoms with van der Waals surface area (Å²) in [4.78, 5) is 2.36. The third kappa shape index (κ3) is 4.81. The zero-order valence-corrected chi connectivity index (χ0v) is 34.5. The zero-order chi connectivity index (χ0) is 40.5. The Morgan fingerprint density at radius 3 is 1.89 bits per heavy atom. The quantitative estimate of drug-likeness (QED) is 0.177. The van der Waals surface area contributed by atoms with E-state index < -0.39 is 5.41 Å². The van der Waals surface area contributed by atoms with Crippen molar-refractivity contribution in [2.24, 2.45) is 0 Å². The predicted molar refractivity (Wildman–Crippen MR) is 247 cm³/mol. The lowest BCUT2D eigenvalue weighted by atomic mass is 9.70. The van der Waals surface area contributed by atoms with Crippen molar-refractivity contribution in [2.45, 2.75) is 62.7 Å². The Morgan fingerprint density at radius 1 is 0.557 bits per heavy atom. The molecule has 0 N–H and O–H groups in total. The Hall–Kier alpha value is -6.84. The summed E-state index contributed by atoms with van der Waals surface area (Å²) < 4.78 is 14.1. The second kappa shape index (κ2) is 12.8. The van der Waals surface area contributed by atoms with Gasteiger partial charge >= 0.3 is 0 Å². The van der Waals surface area contributed by atoms with E-state index in [1.54, 1.807) is 11.1 Å². The first-order valence-electron chi connectivity index (χ1n) is 22.1. The first-order chi connectivity index (χ1) is 30.0. The Labute approximate surface area is 357 Å². The fraction of sp³-hybridized carbons (Fsp3) is 0.172. The highest BCUT2D eigenvalue weighted by atomic mass is 16.6. The molecule has 0 bridgehead atoms. The van der Waals surface area contributed by atoms with Crippen LogP contribution in [0.5, 0.6) is 23.0 Å². The van der Waals surface area contributed by atoms with Crippen LogP contribution in [-0.2, 0) is 10.8 Å². The molecule has 1 spiro atoms. The molecule has 0 saturated carbocycles. The summed E-state index contributed by atoms with van der Waals surface area (Å²) in [5, 5.41) is 0. The van der Waals surface area contributed by atoms with Gasteiger partial charge in [0.1, 0.15) is 0 Å². The third-order valence-electron chi connectivity index (χ3n) is 14.8. The average Bonchev–Trinajstić information content (AvgIpc) is 3.86. The van der Waals surface area contributed by atoms with E-state index in [9.17, 15) is 0 Å². The molecule has 61 heavy (non-hydrogen) atoms. The summed E-state index contributed by atoms with van der Waals surface area (Å²) in [6, 6.07) is 56.0. The van der Waals surface area contributed by atoms with Crippen LogP contribution >= 0.6 is 0 Å². The Balaban J connectivity index is 0.883. The molecule has 294 valence electrons. The smallest absolute Gasteiger partial charge is 0.194 e. The van der Waals surface area contributed by atoms with E-state index in [-0.39, 0.29) is 5.41 Å². The van der Waals surface area contributed by atoms with Gasteiger partial charge in [-0.15, -0.1) is 0 Å². The standard InChI is InChI=1S/C58H45NO2/c1-57(2)46-21-10-6-17-40(46)44-32-29-37(33-50(44)57)36-27-30-39(31-28-36)59(38-15-4-3-5-16-38)52-25-14-26-53-56(52)61-54-34-45-43-20-9-13-24-49(43)58(51(45)35-55(54)60-53)47-22-11-7-18-41(47)42-19-8-12-23-48(42)58/h4,6-28,30-31,34-35,37H,3,5,29,32-33H2,1-2H3/t37-/m1/s1. The average molecular weight is 788 g/mol. The molecule has 0 fully saturated rings. The van der Waals surface area contributed by atoms with Gasteiger partial charge in [-0.3, -0.25) is 0 Å². The molecule has 3 heteroatoms. The topological polar surface area (TPSA) is 21.7 Å². The molecular weight excluding hydrogens is 743 g/mol. The van der Waals surface area contributed by atoms with Gasteiger partial charge in [0.15, 0.2) is 23.0 Å². The number of allylic oxidation sites excluding steroid dienone is 5. The second-order valence-electron chi connectivity index (χ2n) is 18.1. The fourth-order valence-electron chi connectivity index (χ4n) is 12.0. The van der Waals surface area contributed by atoms with Gasteiger partial charge in [-0.2, -0.15) is 0 Å². The highest BCUT2D eigenvalue weighted by Crippen LogP contribution is 2.65. The maximum absolute atomic E-state index is 7.11. The SMILES string of the molecule is CC1(C)C2=C(CC[C@@H](c3ccc(N(C4=CCCC=C4)c4cccc5c4Oc4cc6c(cc4O5)C4(c5ccccc5-c5ccccc54)c4ccccc4-6)cc3)C2)c2ccccc21. The lowest BCUT2D eigenvalue weighted by Crippen LogP contribution is -2.26. The minimum atomic E-state index is -0.447. The van der Waals surface area contributed by atoms with Crippen molar-refractivity contribution >= 4 is 16.9 Å². The number of ether oxygens (including phenoxy) is 2. The van der Waals surface area contributed by atoms with E-state index >= 15 is 0 Å². The van der Waals surface area contributed by atoms with Crippen LogP contribution in [0.3, 0.4) is 0 Å². The number of para-hydroxylation sites is 1. The molecule has 1 atom stereocenters. The number of fused-ring (bicyclic) bond motifs is 14. The molecule has 0 aromatic heterocycles. The van der Waals surface area contributed by atoms with Crippen molar-refractivity contribution in [1.82, 2.24) is 0 Å². The summed E-state index contributed by atoms with van der Waals surface area (Å²) in [6.45, 7) is 4.84. The summed E-state index contributed by atoms with van der Waals surface area (Å²) in [6.07, 6.45) is 12.3. The first kappa shape index (κ1) is 35.0. The second-order valence-corrected chi connectivity index (χ2v) is 18.1. The number of nitrogens with zero attached hydrogens (tertiary/aromatic N) is 1. The molecule has 13 rings (SSSR count). The van der Waals surface area contributed by atoms with E-state index in [4.69, 9.17) is 9.47 Å². The van der Waals surface area contributed by atoms with E-state index in [1.807, 2.05) is 6.07 Å². The Bertz CT molecular complexity index is 3060. The van der Waals surface area contributed by atoms with E-state index in [1.165, 1.54) is 67.6 Å². The van der Waals surface area contributed by atoms with Crippen LogP contribution in [0.2, 0.25) is 0 Å². The van der Waals surface area contributed by atoms with Crippen molar-refractivity contribution in [3.05, 3.63) is 220 Å². The summed E-state index contributed by atoms with van der Waals surface area (Å²) in [7, 11) is 0. The molecule has 3 nitrogen and oxygen atoms in total. The van der Waals surface area contributed by atoms with Gasteiger partial charge in [-0.25, -0.2) is 0 Å². The minimum absolute atomic E-state index is 0.0759. The predicted octanol–water partition coefficient (Wildman–Crippen LogP) is 15.3. The normalized spacial score (nSPS) is 18.7. The zero-order valence-electron chi connectivity index (χ0n) is 34.5. The van der Waals surface area contributed by atoms with Crippen LogP contribution in [0, 0.1) is 0 Å². The molecule has 6 aliphatic rings. The molecule has 1 aliphatic heterocycles. The maximum atomic E-state index is 7.11. The summed E-state index contributed by atoms with van der Waals surface area (Å²) >= 11 is 0. The lowest BCUT2D eigenvalue weighted by Gasteiger charge is -2.33. The molecule has 0 radical (unpaired) electrons. The van der Waals surface area contributed by atoms with Crippen LogP contribution in [0.15, 0.2) is 181 Å². The van der Waals surface area contributed by atoms with Gasteiger partial charge in [0.2, 0.25) is 0 Å². The molecule has 5 aliphatic carbocycles. The van der Waals surface area contributed by atoms with Crippen LogP contribution in [-0.4, -0.2) is 0 Å². The minimum Gasteiger partial charge on any atom is -0.449 e. The van der Waals surface area contributed by atoms with E-state index in [2.05, 4.69) is 183 Å². The number of rotatable bonds is 4. The van der Waals surface area contributed by atoms with Crippen molar-refractivity contribution in [2.75, 3.05) is 4.90 Å². The van der Waals surface area contributed by atoms with Crippen molar-refractivity contribution < 1.29 is 9.47 Å². The van der Waals surface area contributed by atoms with Gasteiger partial charge in [0.05, 0.1) is 11.1 Å². The lowest BCUT2D eigenvalue weighted by molar-refractivity contribution is 0.360. The van der Waals surface area contributed by atoms with Gasteiger partial charge in [0, 0.05) is 16.8 Å².